The van der Waals surface area contributed by atoms with E-state index in [1.807, 2.05) is 0 Å². The Labute approximate surface area is 62.9 Å². The summed E-state index contributed by atoms with van der Waals surface area (Å²) in [5.41, 5.74) is 0. The minimum Gasteiger partial charge on any atom is -0.293 e. The van der Waals surface area contributed by atoms with Crippen LogP contribution in [0.4, 0.5) is 0 Å². The van der Waals surface area contributed by atoms with Gasteiger partial charge in [0.2, 0.25) is 0 Å². The largest absolute Gasteiger partial charge is 0.293 e. The second-order valence-corrected chi connectivity index (χ2v) is 2.62. The van der Waals surface area contributed by atoms with Crippen LogP contribution in [0, 0.1) is 0 Å². The smallest absolute Gasteiger partial charge is 0.179 e. The van der Waals surface area contributed by atoms with E-state index in [2.05, 4.69) is 0 Å². The molecule has 0 fully saturated rings. The Morgan fingerprint density at radius 2 is 2.00 bits per heavy atom. The van der Waals surface area contributed by atoms with E-state index in [1.165, 1.54) is 6.08 Å². The van der Waals surface area contributed by atoms with E-state index in [4.69, 9.17) is 23.2 Å². The van der Waals surface area contributed by atoms with E-state index in [0.29, 0.717) is 5.03 Å². The van der Waals surface area contributed by atoms with Crippen molar-refractivity contribution >= 4 is 29.0 Å². The van der Waals surface area contributed by atoms with Gasteiger partial charge in [0.05, 0.1) is 5.03 Å². The van der Waals surface area contributed by atoms with E-state index in [0.717, 1.165) is 0 Å². The van der Waals surface area contributed by atoms with Gasteiger partial charge in [0.1, 0.15) is 0 Å². The number of hydrogen-bond acceptors (Lipinski definition) is 1. The molecule has 0 unspecified atom stereocenters. The fourth-order valence-corrected chi connectivity index (χ4v) is 0.867. The molecule has 0 aromatic carbocycles. The van der Waals surface area contributed by atoms with Gasteiger partial charge in [-0.1, -0.05) is 23.2 Å². The third kappa shape index (κ3) is 1.57. The number of Topliss-reactive ketones (excluding diaryl/α,β-unsaturated/α-hetero) is 1. The van der Waals surface area contributed by atoms with E-state index in [9.17, 15) is 4.79 Å². The highest BCUT2D eigenvalue weighted by molar-refractivity contribution is 6.44. The van der Waals surface area contributed by atoms with Gasteiger partial charge in [0, 0.05) is 11.5 Å². The lowest BCUT2D eigenvalue weighted by atomic mass is 10.2. The second kappa shape index (κ2) is 2.54. The van der Waals surface area contributed by atoms with E-state index < -0.39 is 0 Å². The number of carbonyl (C=O) groups is 1. The maximum atomic E-state index is 10.7. The van der Waals surface area contributed by atoms with Crippen molar-refractivity contribution in [1.82, 2.24) is 0 Å². The van der Waals surface area contributed by atoms with Gasteiger partial charge in [0.25, 0.3) is 0 Å². The molecule has 0 amide bonds. The average molecular weight is 163 g/mol. The Kier molecular flexibility index (Phi) is 1.94. The quantitative estimate of drug-likeness (QED) is 0.534. The average Bonchev–Trinajstić information content (AvgIpc) is 1.80. The highest BCUT2D eigenvalue weighted by atomic mass is 35.5. The summed E-state index contributed by atoms with van der Waals surface area (Å²) in [4.78, 5) is 10.7. The molecule has 1 nitrogen and oxygen atoms in total. The van der Waals surface area contributed by atoms with Crippen molar-refractivity contribution < 1.29 is 4.79 Å². The second-order valence-electron chi connectivity index (χ2n) is 1.73. The summed E-state index contributed by atoms with van der Waals surface area (Å²) >= 11 is 11.0. The zero-order chi connectivity index (χ0) is 6.85. The van der Waals surface area contributed by atoms with E-state index in [1.54, 1.807) is 6.08 Å². The summed E-state index contributed by atoms with van der Waals surface area (Å²) in [6, 6.07) is 0. The summed E-state index contributed by atoms with van der Waals surface area (Å²) in [5, 5.41) is 0.809. The summed E-state index contributed by atoms with van der Waals surface area (Å²) in [7, 11) is 0. The van der Waals surface area contributed by atoms with Gasteiger partial charge < -0.3 is 0 Å². The highest BCUT2D eigenvalue weighted by Gasteiger charge is 2.11. The molecule has 0 bridgehead atoms. The Morgan fingerprint density at radius 3 is 2.44 bits per heavy atom. The van der Waals surface area contributed by atoms with E-state index >= 15 is 0 Å². The summed E-state index contributed by atoms with van der Waals surface area (Å²) in [6.45, 7) is 0. The summed E-state index contributed by atoms with van der Waals surface area (Å²) < 4.78 is 0. The first-order valence-electron chi connectivity index (χ1n) is 2.45. The van der Waals surface area contributed by atoms with Crippen molar-refractivity contribution in [2.24, 2.45) is 0 Å². The Balaban J connectivity index is 2.86. The van der Waals surface area contributed by atoms with E-state index in [-0.39, 0.29) is 17.2 Å². The van der Waals surface area contributed by atoms with Crippen molar-refractivity contribution in [3.05, 3.63) is 22.2 Å². The van der Waals surface area contributed by atoms with Crippen LogP contribution in [0.3, 0.4) is 0 Å². The van der Waals surface area contributed by atoms with Crippen LogP contribution in [-0.4, -0.2) is 5.78 Å². The zero-order valence-electron chi connectivity index (χ0n) is 4.53. The lowest BCUT2D eigenvalue weighted by Gasteiger charge is -2.01. The molecule has 0 atom stereocenters. The van der Waals surface area contributed by atoms with Gasteiger partial charge in [-0.05, 0) is 12.2 Å². The van der Waals surface area contributed by atoms with Crippen molar-refractivity contribution in [2.75, 3.05) is 0 Å². The van der Waals surface area contributed by atoms with Gasteiger partial charge in [-0.3, -0.25) is 4.79 Å². The molecule has 0 spiro atoms. The van der Waals surface area contributed by atoms with Gasteiger partial charge >= 0.3 is 0 Å². The SMILES string of the molecule is O=C1CC(Cl)=CC=C1Cl. The molecule has 1 aliphatic carbocycles. The third-order valence-corrected chi connectivity index (χ3v) is 1.60. The topological polar surface area (TPSA) is 17.1 Å². The van der Waals surface area contributed by atoms with Gasteiger partial charge in [-0.15, -0.1) is 0 Å². The van der Waals surface area contributed by atoms with Gasteiger partial charge in [0.15, 0.2) is 5.78 Å². The maximum Gasteiger partial charge on any atom is 0.179 e. The van der Waals surface area contributed by atoms with Crippen molar-refractivity contribution in [1.29, 1.82) is 0 Å². The molecule has 0 aliphatic heterocycles. The molecule has 0 N–H and O–H groups in total. The molecule has 1 aliphatic rings. The molecular formula is C6H4Cl2O. The normalized spacial score (nSPS) is 19.1. The van der Waals surface area contributed by atoms with Crippen LogP contribution in [0.1, 0.15) is 6.42 Å². The van der Waals surface area contributed by atoms with Crippen molar-refractivity contribution in [3.63, 3.8) is 0 Å². The molecular weight excluding hydrogens is 159 g/mol. The van der Waals surface area contributed by atoms with Crippen LogP contribution in [0.5, 0.6) is 0 Å². The number of halogens is 2. The summed E-state index contributed by atoms with van der Waals surface area (Å²) in [6.07, 6.45) is 3.39. The summed E-state index contributed by atoms with van der Waals surface area (Å²) in [5.74, 6) is -0.107. The zero-order valence-corrected chi connectivity index (χ0v) is 6.04. The number of rotatable bonds is 0. The highest BCUT2D eigenvalue weighted by Crippen LogP contribution is 2.19. The number of allylic oxidation sites excluding steroid dienone is 4. The molecule has 0 radical (unpaired) electrons. The fourth-order valence-electron chi connectivity index (χ4n) is 0.553. The Hall–Kier alpha value is -0.270. The minimum absolute atomic E-state index is 0.107. The Bertz CT molecular complexity index is 203. The van der Waals surface area contributed by atoms with Crippen LogP contribution in [0.25, 0.3) is 0 Å². The van der Waals surface area contributed by atoms with Crippen molar-refractivity contribution in [3.8, 4) is 0 Å². The van der Waals surface area contributed by atoms with Crippen LogP contribution in [0.2, 0.25) is 0 Å². The molecule has 48 valence electrons. The van der Waals surface area contributed by atoms with Crippen LogP contribution < -0.4 is 0 Å². The molecule has 1 rings (SSSR count). The molecule has 0 aromatic heterocycles. The number of carbonyl (C=O) groups excluding carboxylic acids is 1. The molecule has 0 saturated heterocycles. The third-order valence-electron chi connectivity index (χ3n) is 1.01. The first-order chi connectivity index (χ1) is 4.20. The minimum atomic E-state index is -0.107. The molecule has 3 heteroatoms. The molecule has 0 saturated carbocycles. The first-order valence-corrected chi connectivity index (χ1v) is 3.21. The lowest BCUT2D eigenvalue weighted by Crippen LogP contribution is -2.00. The maximum absolute atomic E-state index is 10.7. The molecule has 0 aromatic rings. The lowest BCUT2D eigenvalue weighted by molar-refractivity contribution is -0.114. The molecule has 0 heterocycles. The van der Waals surface area contributed by atoms with Crippen LogP contribution >= 0.6 is 23.2 Å². The van der Waals surface area contributed by atoms with Gasteiger partial charge in [-0.2, -0.15) is 0 Å². The number of ketones is 1. The Morgan fingerprint density at radius 1 is 1.33 bits per heavy atom. The van der Waals surface area contributed by atoms with Gasteiger partial charge in [-0.25, -0.2) is 0 Å². The number of hydrogen-bond donors (Lipinski definition) is 0. The fraction of sp³-hybridized carbons (Fsp3) is 0.167. The van der Waals surface area contributed by atoms with Crippen LogP contribution in [-0.2, 0) is 4.79 Å². The first kappa shape index (κ1) is 6.84. The monoisotopic (exact) mass is 162 g/mol. The van der Waals surface area contributed by atoms with Crippen molar-refractivity contribution in [2.45, 2.75) is 6.42 Å². The predicted octanol–water partition coefficient (Wildman–Crippen LogP) is 2.20. The predicted molar refractivity (Wildman–Crippen MR) is 37.5 cm³/mol. The molecule has 9 heavy (non-hydrogen) atoms. The van der Waals surface area contributed by atoms with Crippen LogP contribution in [0.15, 0.2) is 22.2 Å². The standard InChI is InChI=1S/C6H4Cl2O/c7-4-1-2-5(8)6(9)3-4/h1-2H,3H2.